The Labute approximate surface area is 310 Å². The van der Waals surface area contributed by atoms with Crippen molar-refractivity contribution in [2.75, 3.05) is 0 Å². The number of fused-ring (bicyclic) bond motifs is 3. The van der Waals surface area contributed by atoms with E-state index < -0.39 is 18.1 Å². The zero-order valence-corrected chi connectivity index (χ0v) is 30.8. The first-order chi connectivity index (χ1) is 25.1. The van der Waals surface area contributed by atoms with Crippen LogP contribution in [0.5, 0.6) is 0 Å². The van der Waals surface area contributed by atoms with Crippen molar-refractivity contribution in [3.63, 3.8) is 0 Å². The Bertz CT molecular complexity index is 2470. The minimum Gasteiger partial charge on any atom is -0.500 e. The van der Waals surface area contributed by atoms with Crippen molar-refractivity contribution < 1.29 is 31.4 Å². The molecule has 3 heterocycles. The molecule has 7 aromatic rings. The molecule has 0 atom stereocenters. The number of rotatable bonds is 4. The summed E-state index contributed by atoms with van der Waals surface area (Å²) in [6, 6.07) is 29.5. The number of benzene rings is 4. The molecular weight excluding hydrogens is 779 g/mol. The first-order valence-electron chi connectivity index (χ1n) is 18.4. The molecule has 247 valence electrons. The topological polar surface area (TPSA) is 62.7 Å². The predicted octanol–water partition coefficient (Wildman–Crippen LogP) is 11.4. The van der Waals surface area contributed by atoms with Crippen molar-refractivity contribution >= 4 is 21.9 Å². The monoisotopic (exact) mass is 823 g/mol. The Morgan fingerprint density at radius 2 is 1.61 bits per heavy atom. The number of hydrogen-bond acceptors (Lipinski definition) is 4. The predicted molar refractivity (Wildman–Crippen MR) is 196 cm³/mol. The van der Waals surface area contributed by atoms with E-state index in [-0.39, 0.29) is 59.7 Å². The summed E-state index contributed by atoms with van der Waals surface area (Å²) in [6.07, 6.45) is 4.37. The van der Waals surface area contributed by atoms with E-state index in [1.54, 1.807) is 18.3 Å². The second kappa shape index (κ2) is 14.7. The van der Waals surface area contributed by atoms with Gasteiger partial charge in [-0.25, -0.2) is 0 Å². The minimum atomic E-state index is -0.492. The number of nitrogens with zero attached hydrogens (tertiary/aromatic N) is 3. The second-order valence-corrected chi connectivity index (χ2v) is 13.9. The molecular formula is C44H39IrN3O-2. The summed E-state index contributed by atoms with van der Waals surface area (Å²) < 4.78 is 47.9. The van der Waals surface area contributed by atoms with E-state index in [1.807, 2.05) is 54.7 Å². The molecule has 0 N–H and O–H groups in total. The van der Waals surface area contributed by atoms with Gasteiger partial charge in [0, 0.05) is 43.4 Å². The molecule has 0 bridgehead atoms. The molecule has 7 rings (SSSR count). The van der Waals surface area contributed by atoms with Crippen LogP contribution in [0.1, 0.15) is 65.1 Å². The van der Waals surface area contributed by atoms with Crippen molar-refractivity contribution in [3.8, 4) is 39.7 Å². The quantitative estimate of drug-likeness (QED) is 0.166. The molecule has 4 aromatic carbocycles. The van der Waals surface area contributed by atoms with Gasteiger partial charge >= 0.3 is 0 Å². The summed E-state index contributed by atoms with van der Waals surface area (Å²) in [5.74, 6) is 0. The van der Waals surface area contributed by atoms with Gasteiger partial charge in [-0.15, -0.1) is 53.6 Å². The SMILES string of the molecule is CC(C)(C)c1ccc(-c2[c-]cccc2)nc1.[2H]c1c([2H])c([2H])c(-c2c(C#N)ccc3c2oc2c(-c4ccccn4)[c-]cc(CC(C)(C)C)c23)c([2H])c1[2H].[Ir]. The van der Waals surface area contributed by atoms with E-state index in [0.29, 0.717) is 27.8 Å². The Kier molecular flexibility index (Phi) is 8.73. The fraction of sp³-hybridized carbons (Fsp3) is 0.205. The molecule has 0 aliphatic rings. The number of furan rings is 1. The third kappa shape index (κ3) is 7.89. The molecule has 0 spiro atoms. The molecule has 1 radical (unpaired) electrons. The van der Waals surface area contributed by atoms with Gasteiger partial charge in [-0.3, -0.25) is 0 Å². The third-order valence-electron chi connectivity index (χ3n) is 7.92. The van der Waals surface area contributed by atoms with Crippen LogP contribution in [0.3, 0.4) is 0 Å². The van der Waals surface area contributed by atoms with E-state index in [0.717, 1.165) is 28.6 Å². The average Bonchev–Trinajstić information content (AvgIpc) is 3.54. The molecule has 0 amide bonds. The van der Waals surface area contributed by atoms with Crippen LogP contribution in [0.15, 0.2) is 120 Å². The zero-order chi connectivity index (χ0) is 38.2. The van der Waals surface area contributed by atoms with Gasteiger partial charge in [0.25, 0.3) is 0 Å². The maximum Gasteiger partial charge on any atom is 0.130 e. The van der Waals surface area contributed by atoms with Gasteiger partial charge in [0.15, 0.2) is 0 Å². The van der Waals surface area contributed by atoms with E-state index >= 15 is 0 Å². The first kappa shape index (κ1) is 29.1. The number of aromatic nitrogens is 2. The van der Waals surface area contributed by atoms with E-state index in [4.69, 9.17) is 11.3 Å². The molecule has 0 saturated heterocycles. The van der Waals surface area contributed by atoms with Crippen LogP contribution in [0.2, 0.25) is 0 Å². The van der Waals surface area contributed by atoms with Crippen molar-refractivity contribution in [1.29, 1.82) is 5.26 Å². The van der Waals surface area contributed by atoms with Crippen LogP contribution in [-0.4, -0.2) is 9.97 Å². The summed E-state index contributed by atoms with van der Waals surface area (Å²) >= 11 is 0. The second-order valence-electron chi connectivity index (χ2n) is 13.9. The van der Waals surface area contributed by atoms with Crippen LogP contribution >= 0.6 is 0 Å². The molecule has 5 heteroatoms. The summed E-state index contributed by atoms with van der Waals surface area (Å²) in [6.45, 7) is 13.0. The van der Waals surface area contributed by atoms with Gasteiger partial charge in [-0.05, 0) is 45.5 Å². The van der Waals surface area contributed by atoms with E-state index in [1.165, 1.54) is 5.56 Å². The smallest absolute Gasteiger partial charge is 0.130 e. The third-order valence-corrected chi connectivity index (χ3v) is 7.92. The van der Waals surface area contributed by atoms with Crippen LogP contribution in [0.4, 0.5) is 0 Å². The van der Waals surface area contributed by atoms with E-state index in [2.05, 4.69) is 81.8 Å². The fourth-order valence-corrected chi connectivity index (χ4v) is 5.63. The summed E-state index contributed by atoms with van der Waals surface area (Å²) in [4.78, 5) is 8.96. The Balaban J connectivity index is 0.000000276. The van der Waals surface area contributed by atoms with Crippen LogP contribution in [0.25, 0.3) is 55.6 Å². The molecule has 49 heavy (non-hydrogen) atoms. The van der Waals surface area contributed by atoms with Crippen LogP contribution < -0.4 is 0 Å². The molecule has 0 unspecified atom stereocenters. The normalized spacial score (nSPS) is 12.8. The van der Waals surface area contributed by atoms with Crippen molar-refractivity contribution in [2.24, 2.45) is 5.41 Å². The largest absolute Gasteiger partial charge is 0.500 e. The van der Waals surface area contributed by atoms with Crippen molar-refractivity contribution in [1.82, 2.24) is 9.97 Å². The molecule has 3 aromatic heterocycles. The maximum atomic E-state index is 9.97. The number of pyridine rings is 2. The molecule has 0 aliphatic carbocycles. The Morgan fingerprint density at radius 3 is 2.22 bits per heavy atom. The average molecular weight is 823 g/mol. The molecule has 4 nitrogen and oxygen atoms in total. The van der Waals surface area contributed by atoms with Gasteiger partial charge < -0.3 is 14.4 Å². The van der Waals surface area contributed by atoms with Gasteiger partial charge in [0.2, 0.25) is 0 Å². The number of nitriles is 1. The Morgan fingerprint density at radius 1 is 0.837 bits per heavy atom. The van der Waals surface area contributed by atoms with Crippen LogP contribution in [-0.2, 0) is 31.9 Å². The fourth-order valence-electron chi connectivity index (χ4n) is 5.63. The molecule has 0 saturated carbocycles. The zero-order valence-electron chi connectivity index (χ0n) is 33.4. The van der Waals surface area contributed by atoms with Gasteiger partial charge in [0.05, 0.1) is 24.1 Å². The van der Waals surface area contributed by atoms with Crippen molar-refractivity contribution in [3.05, 3.63) is 144 Å². The minimum absolute atomic E-state index is 0. The van der Waals surface area contributed by atoms with Crippen LogP contribution in [0, 0.1) is 28.9 Å². The molecule has 0 aliphatic heterocycles. The molecule has 0 fully saturated rings. The number of hydrogen-bond donors (Lipinski definition) is 0. The summed E-state index contributed by atoms with van der Waals surface area (Å²) in [5.41, 5.74) is 6.81. The van der Waals surface area contributed by atoms with Gasteiger partial charge in [-0.2, -0.15) is 5.26 Å². The van der Waals surface area contributed by atoms with E-state index in [9.17, 15) is 5.26 Å². The van der Waals surface area contributed by atoms with Gasteiger partial charge in [-0.1, -0.05) is 119 Å². The Hall–Kier alpha value is -4.88. The van der Waals surface area contributed by atoms with Gasteiger partial charge in [0.1, 0.15) is 5.58 Å². The first-order valence-corrected chi connectivity index (χ1v) is 15.9. The van der Waals surface area contributed by atoms with Crippen molar-refractivity contribution in [2.45, 2.75) is 53.4 Å². The standard InChI is InChI=1S/C29H23N2O.C15H16N.Ir/c1-29(2,3)17-20-12-14-22(24-11-7-8-16-31-24)27-26(20)23-15-13-21(18-30)25(28(23)32-27)19-9-5-4-6-10-19;1-15(2,3)13-9-10-14(16-11-13)12-7-5-4-6-8-12;/h4-13,15-16H,17H2,1-3H3;4-7,9-11H,1-3H3;/q2*-1;/i4D,5D,6D,9D,10D;;. The maximum absolute atomic E-state index is 9.97. The summed E-state index contributed by atoms with van der Waals surface area (Å²) in [7, 11) is 0. The summed E-state index contributed by atoms with van der Waals surface area (Å²) in [5, 5.41) is 11.5.